The SMILES string of the molecule is C.CC.CC.CC.CC(C)C.[CH2-]N1C(=O)c2cccc3cccc(c23)C1=O.[CH2-]N1C(=O)c2cccc3cccc(c23)C1=O.[CH3-].[Y].[Y]. The summed E-state index contributed by atoms with van der Waals surface area (Å²) in [6.07, 6.45) is 0. The molecular weight excluding hydrogens is 726 g/mol. The van der Waals surface area contributed by atoms with E-state index in [9.17, 15) is 19.2 Å². The number of hydrogen-bond donors (Lipinski definition) is 0. The minimum absolute atomic E-state index is 0. The molecule has 0 saturated heterocycles. The van der Waals surface area contributed by atoms with Gasteiger partial charge in [0, 0.05) is 98.4 Å². The number of nitrogens with zero attached hydrogens (tertiary/aromatic N) is 2. The molecule has 4 aromatic carbocycles. The minimum Gasteiger partial charge on any atom is -0.430 e. The van der Waals surface area contributed by atoms with Crippen molar-refractivity contribution in [2.24, 2.45) is 5.92 Å². The fourth-order valence-electron chi connectivity index (χ4n) is 4.16. The molecule has 0 spiro atoms. The Labute approximate surface area is 328 Å². The second-order valence-corrected chi connectivity index (χ2v) is 9.23. The molecule has 46 heavy (non-hydrogen) atoms. The molecule has 0 saturated carbocycles. The Morgan fingerprint density at radius 2 is 0.652 bits per heavy atom. The van der Waals surface area contributed by atoms with Crippen LogP contribution < -0.4 is 0 Å². The Bertz CT molecular complexity index is 1330. The van der Waals surface area contributed by atoms with Gasteiger partial charge < -0.3 is 17.2 Å². The summed E-state index contributed by atoms with van der Waals surface area (Å²) < 4.78 is 0. The molecule has 246 valence electrons. The first-order valence-electron chi connectivity index (χ1n) is 14.6. The van der Waals surface area contributed by atoms with E-state index in [0.29, 0.717) is 22.3 Å². The molecule has 2 radical (unpaired) electrons. The first-order valence-corrected chi connectivity index (χ1v) is 14.6. The van der Waals surface area contributed by atoms with E-state index in [-0.39, 0.29) is 104 Å². The largest absolute Gasteiger partial charge is 0.430 e. The predicted molar refractivity (Wildman–Crippen MR) is 187 cm³/mol. The third-order valence-electron chi connectivity index (χ3n) is 5.71. The van der Waals surface area contributed by atoms with Crippen LogP contribution in [0.15, 0.2) is 72.8 Å². The molecule has 6 nitrogen and oxygen atoms in total. The van der Waals surface area contributed by atoms with E-state index in [2.05, 4.69) is 34.9 Å². The minimum atomic E-state index is -0.339. The molecule has 6 rings (SSSR count). The van der Waals surface area contributed by atoms with Crippen LogP contribution in [0.3, 0.4) is 0 Å². The van der Waals surface area contributed by atoms with E-state index in [4.69, 9.17) is 0 Å². The third kappa shape index (κ3) is 11.5. The van der Waals surface area contributed by atoms with Gasteiger partial charge in [0.15, 0.2) is 0 Å². The first kappa shape index (κ1) is 50.7. The van der Waals surface area contributed by atoms with Gasteiger partial charge in [-0.3, -0.25) is 19.2 Å². The Kier molecular flexibility index (Phi) is 27.6. The van der Waals surface area contributed by atoms with Crippen LogP contribution in [0.2, 0.25) is 0 Å². The van der Waals surface area contributed by atoms with Crippen LogP contribution in [0.5, 0.6) is 0 Å². The van der Waals surface area contributed by atoms with Gasteiger partial charge in [0.2, 0.25) is 23.6 Å². The summed E-state index contributed by atoms with van der Waals surface area (Å²) in [7, 11) is 6.96. The van der Waals surface area contributed by atoms with Crippen LogP contribution >= 0.6 is 0 Å². The fourth-order valence-corrected chi connectivity index (χ4v) is 4.16. The maximum Gasteiger partial charge on any atom is 0.231 e. The normalized spacial score (nSPS) is 11.4. The van der Waals surface area contributed by atoms with Gasteiger partial charge in [0.1, 0.15) is 0 Å². The summed E-state index contributed by atoms with van der Waals surface area (Å²) in [5.41, 5.74) is 2.18. The second kappa shape index (κ2) is 25.0. The zero-order chi connectivity index (χ0) is 32.1. The summed E-state index contributed by atoms with van der Waals surface area (Å²) in [5, 5.41) is 3.29. The molecule has 2 heterocycles. The molecule has 0 fully saturated rings. The average molecular weight is 778 g/mol. The summed E-state index contributed by atoms with van der Waals surface area (Å²) in [4.78, 5) is 49.3. The molecule has 0 bridgehead atoms. The van der Waals surface area contributed by atoms with Crippen LogP contribution in [0.4, 0.5) is 0 Å². The number of amides is 4. The van der Waals surface area contributed by atoms with Gasteiger partial charge in [-0.15, -0.1) is 0 Å². The van der Waals surface area contributed by atoms with Crippen molar-refractivity contribution in [1.82, 2.24) is 9.80 Å². The van der Waals surface area contributed by atoms with Crippen molar-refractivity contribution in [2.45, 2.75) is 69.7 Å². The summed E-state index contributed by atoms with van der Waals surface area (Å²) >= 11 is 0. The monoisotopic (exact) mass is 777 g/mol. The van der Waals surface area contributed by atoms with Crippen molar-refractivity contribution in [3.8, 4) is 0 Å². The average Bonchev–Trinajstić information content (AvgIpc) is 3.03. The van der Waals surface area contributed by atoms with E-state index >= 15 is 0 Å². The number of carbonyl (C=O) groups excluding carboxylic acids is 4. The maximum atomic E-state index is 11.9. The number of carbonyl (C=O) groups is 4. The molecule has 2 aliphatic heterocycles. The van der Waals surface area contributed by atoms with Crippen LogP contribution in [-0.2, 0) is 65.4 Å². The van der Waals surface area contributed by atoms with E-state index in [1.165, 1.54) is 0 Å². The molecule has 0 unspecified atom stereocenters. The smallest absolute Gasteiger partial charge is 0.231 e. The number of imide groups is 2. The molecular formula is C38H51N2O4Y2-3. The quantitative estimate of drug-likeness (QED) is 0.132. The van der Waals surface area contributed by atoms with Crippen LogP contribution in [0, 0.1) is 27.4 Å². The van der Waals surface area contributed by atoms with E-state index in [1.807, 2.05) is 90.1 Å². The first-order chi connectivity index (χ1) is 20.1. The van der Waals surface area contributed by atoms with Crippen LogP contribution in [0.25, 0.3) is 21.5 Å². The Balaban J connectivity index is -0.000000281. The van der Waals surface area contributed by atoms with Crippen molar-refractivity contribution in [1.29, 1.82) is 0 Å². The maximum absolute atomic E-state index is 11.9. The van der Waals surface area contributed by atoms with Gasteiger partial charge in [-0.25, -0.2) is 14.1 Å². The van der Waals surface area contributed by atoms with Crippen molar-refractivity contribution in [3.63, 3.8) is 0 Å². The Hall–Kier alpha value is -2.11. The standard InChI is InChI=1S/2C13H8NO2.C4H10.3C2H6.CH4.CH3.2Y/c2*1-14-12(15)9-6-2-4-8-5-3-7-10(11(8)9)13(14)16;1-4(2)3;3*1-2;;;;/h2*2-7H,1H2;4H,1-3H3;3*1-2H3;1H4;1H3;;/q2*-1;;;;;;-1;;. The van der Waals surface area contributed by atoms with Crippen molar-refractivity contribution < 1.29 is 84.6 Å². The number of hydrogen-bond acceptors (Lipinski definition) is 4. The summed E-state index contributed by atoms with van der Waals surface area (Å²) in [6.45, 7) is 18.5. The van der Waals surface area contributed by atoms with Crippen LogP contribution in [-0.4, -0.2) is 33.4 Å². The van der Waals surface area contributed by atoms with Gasteiger partial charge in [-0.2, -0.15) is 0 Å². The van der Waals surface area contributed by atoms with Crippen molar-refractivity contribution in [2.75, 3.05) is 0 Å². The zero-order valence-electron chi connectivity index (χ0n) is 28.6. The molecule has 2 aliphatic rings. The van der Waals surface area contributed by atoms with E-state index in [1.54, 1.807) is 24.3 Å². The van der Waals surface area contributed by atoms with Gasteiger partial charge in [0.25, 0.3) is 0 Å². The zero-order valence-corrected chi connectivity index (χ0v) is 34.3. The fraction of sp³-hybridized carbons (Fsp3) is 0.289. The van der Waals surface area contributed by atoms with Gasteiger partial charge in [-0.05, 0) is 41.0 Å². The molecule has 0 aromatic heterocycles. The molecule has 0 aliphatic carbocycles. The van der Waals surface area contributed by atoms with Crippen molar-refractivity contribution in [3.05, 3.63) is 117 Å². The molecule has 0 atom stereocenters. The Morgan fingerprint density at radius 3 is 0.826 bits per heavy atom. The number of rotatable bonds is 0. The summed E-state index contributed by atoms with van der Waals surface area (Å²) in [5.74, 6) is -0.521. The second-order valence-electron chi connectivity index (χ2n) is 9.23. The van der Waals surface area contributed by atoms with Gasteiger partial charge in [-0.1, -0.05) is 118 Å². The molecule has 4 amide bonds. The van der Waals surface area contributed by atoms with Crippen molar-refractivity contribution >= 4 is 45.2 Å². The third-order valence-corrected chi connectivity index (χ3v) is 5.71. The van der Waals surface area contributed by atoms with E-state index in [0.717, 1.165) is 37.3 Å². The molecule has 0 N–H and O–H groups in total. The van der Waals surface area contributed by atoms with Crippen LogP contribution in [0.1, 0.15) is 111 Å². The predicted octanol–water partition coefficient (Wildman–Crippen LogP) is 10.3. The number of benzene rings is 4. The molecule has 4 aromatic rings. The van der Waals surface area contributed by atoms with E-state index < -0.39 is 0 Å². The van der Waals surface area contributed by atoms with Gasteiger partial charge in [0.05, 0.1) is 0 Å². The summed E-state index contributed by atoms with van der Waals surface area (Å²) in [6, 6.07) is 21.7. The topological polar surface area (TPSA) is 74.8 Å². The molecule has 8 heteroatoms. The van der Waals surface area contributed by atoms with Gasteiger partial charge >= 0.3 is 0 Å². The Morgan fingerprint density at radius 1 is 0.478 bits per heavy atom.